The number of hydrogen-bond donors (Lipinski definition) is 5. The summed E-state index contributed by atoms with van der Waals surface area (Å²) >= 11 is 0. The fraction of sp³-hybridized carbons (Fsp3) is 1.00. The van der Waals surface area contributed by atoms with Crippen LogP contribution in [-0.2, 0) is 0 Å². The summed E-state index contributed by atoms with van der Waals surface area (Å²) in [6.45, 7) is 3.22. The number of hydrogen-bond acceptors (Lipinski definition) is 6. The summed E-state index contributed by atoms with van der Waals surface area (Å²) in [5.41, 5.74) is 10.8. The van der Waals surface area contributed by atoms with Crippen molar-refractivity contribution in [2.24, 2.45) is 11.5 Å². The van der Waals surface area contributed by atoms with Gasteiger partial charge in [0.2, 0.25) is 0 Å². The van der Waals surface area contributed by atoms with Crippen LogP contribution in [0.4, 0.5) is 0 Å². The van der Waals surface area contributed by atoms with E-state index in [1.54, 1.807) is 0 Å². The van der Waals surface area contributed by atoms with Crippen LogP contribution in [0.25, 0.3) is 0 Å². The maximum atomic E-state index is 9.47. The Morgan fingerprint density at radius 3 is 2.53 bits per heavy atom. The summed E-state index contributed by atoms with van der Waals surface area (Å²) in [5.74, 6) is 0. The summed E-state index contributed by atoms with van der Waals surface area (Å²) in [6.07, 6.45) is 0.795. The van der Waals surface area contributed by atoms with Gasteiger partial charge in [-0.1, -0.05) is 0 Å². The van der Waals surface area contributed by atoms with E-state index in [1.165, 1.54) is 0 Å². The second kappa shape index (κ2) is 10.3. The van der Waals surface area contributed by atoms with Crippen LogP contribution in [0.5, 0.6) is 0 Å². The van der Waals surface area contributed by atoms with Gasteiger partial charge in [0.1, 0.15) is 6.23 Å². The van der Waals surface area contributed by atoms with Gasteiger partial charge in [0.15, 0.2) is 0 Å². The molecule has 0 spiro atoms. The minimum absolute atomic E-state index is 0.171. The third-order valence-corrected chi connectivity index (χ3v) is 2.13. The molecule has 6 heteroatoms. The Kier molecular flexibility index (Phi) is 10.1. The topological polar surface area (TPSA) is 108 Å². The van der Waals surface area contributed by atoms with Crippen LogP contribution in [0.1, 0.15) is 12.8 Å². The van der Waals surface area contributed by atoms with Crippen molar-refractivity contribution in [3.05, 3.63) is 0 Å². The van der Waals surface area contributed by atoms with Crippen molar-refractivity contribution >= 4 is 0 Å². The molecule has 0 amide bonds. The van der Waals surface area contributed by atoms with Crippen molar-refractivity contribution in [3.63, 3.8) is 0 Å². The normalized spacial score (nSPS) is 13.4. The molecule has 0 fully saturated rings. The van der Waals surface area contributed by atoms with Crippen LogP contribution in [-0.4, -0.2) is 60.8 Å². The molecule has 0 aliphatic rings. The van der Waals surface area contributed by atoms with Gasteiger partial charge in [0.05, 0.1) is 0 Å². The van der Waals surface area contributed by atoms with Gasteiger partial charge in [-0.15, -0.1) is 0 Å². The number of aliphatic hydroxyl groups excluding tert-OH is 2. The third-order valence-electron chi connectivity index (χ3n) is 2.13. The summed E-state index contributed by atoms with van der Waals surface area (Å²) in [5, 5.41) is 21.0. The molecule has 7 N–H and O–H groups in total. The minimum atomic E-state index is -0.531. The van der Waals surface area contributed by atoms with E-state index >= 15 is 0 Å². The molecule has 0 bridgehead atoms. The van der Waals surface area contributed by atoms with E-state index in [1.807, 2.05) is 4.90 Å². The standard InChI is InChI=1S/C9H24N4O2/c10-3-4-12-9(15)2-6-13(8-11)5-1-7-14/h9,12,14-15H,1-8,10-11H2. The summed E-state index contributed by atoms with van der Waals surface area (Å²) in [7, 11) is 0. The van der Waals surface area contributed by atoms with Crippen LogP contribution in [0.2, 0.25) is 0 Å². The number of nitrogens with zero attached hydrogens (tertiary/aromatic N) is 1. The molecule has 6 nitrogen and oxygen atoms in total. The van der Waals surface area contributed by atoms with E-state index < -0.39 is 6.23 Å². The van der Waals surface area contributed by atoms with Gasteiger partial charge >= 0.3 is 0 Å². The highest BCUT2D eigenvalue weighted by atomic mass is 16.3. The Hall–Kier alpha value is -0.240. The maximum absolute atomic E-state index is 9.47. The Morgan fingerprint density at radius 2 is 2.00 bits per heavy atom. The zero-order chi connectivity index (χ0) is 11.5. The van der Waals surface area contributed by atoms with E-state index in [9.17, 15) is 5.11 Å². The first-order valence-electron chi connectivity index (χ1n) is 5.39. The Balaban J connectivity index is 3.50. The van der Waals surface area contributed by atoms with Crippen LogP contribution < -0.4 is 16.8 Å². The molecule has 15 heavy (non-hydrogen) atoms. The molecule has 92 valence electrons. The molecule has 0 aliphatic heterocycles. The molecular weight excluding hydrogens is 196 g/mol. The van der Waals surface area contributed by atoms with E-state index in [0.717, 1.165) is 13.1 Å². The first-order chi connectivity index (χ1) is 7.24. The van der Waals surface area contributed by atoms with E-state index in [2.05, 4.69) is 5.32 Å². The predicted octanol–water partition coefficient (Wildman–Crippen LogP) is -2.16. The smallest absolute Gasteiger partial charge is 0.106 e. The molecule has 0 heterocycles. The molecule has 0 aromatic heterocycles. The number of aliphatic hydroxyl groups is 2. The minimum Gasteiger partial charge on any atom is -0.396 e. The van der Waals surface area contributed by atoms with Gasteiger partial charge in [-0.3, -0.25) is 10.2 Å². The summed E-state index contributed by atoms with van der Waals surface area (Å²) < 4.78 is 0. The molecule has 0 radical (unpaired) electrons. The molecule has 1 atom stereocenters. The predicted molar refractivity (Wildman–Crippen MR) is 60.0 cm³/mol. The zero-order valence-corrected chi connectivity index (χ0v) is 9.23. The first kappa shape index (κ1) is 14.8. The lowest BCUT2D eigenvalue weighted by molar-refractivity contribution is 0.109. The van der Waals surface area contributed by atoms with Gasteiger partial charge in [-0.25, -0.2) is 0 Å². The second-order valence-electron chi connectivity index (χ2n) is 3.43. The van der Waals surface area contributed by atoms with Crippen LogP contribution >= 0.6 is 0 Å². The fourth-order valence-electron chi connectivity index (χ4n) is 1.25. The first-order valence-corrected chi connectivity index (χ1v) is 5.39. The van der Waals surface area contributed by atoms with Gasteiger partial charge in [0, 0.05) is 39.5 Å². The molecule has 1 unspecified atom stereocenters. The molecular formula is C9H24N4O2. The maximum Gasteiger partial charge on any atom is 0.106 e. The van der Waals surface area contributed by atoms with Crippen LogP contribution in [0.3, 0.4) is 0 Å². The molecule has 0 saturated carbocycles. The van der Waals surface area contributed by atoms with E-state index in [0.29, 0.717) is 32.6 Å². The van der Waals surface area contributed by atoms with Crippen LogP contribution in [0.15, 0.2) is 0 Å². The average Bonchev–Trinajstić information content (AvgIpc) is 2.26. The third kappa shape index (κ3) is 8.73. The quantitative estimate of drug-likeness (QED) is 0.269. The van der Waals surface area contributed by atoms with Crippen molar-refractivity contribution in [1.29, 1.82) is 0 Å². The Bertz CT molecular complexity index is 137. The highest BCUT2D eigenvalue weighted by Gasteiger charge is 2.06. The molecule has 0 aromatic carbocycles. The van der Waals surface area contributed by atoms with Gasteiger partial charge in [0.25, 0.3) is 0 Å². The molecule has 0 aromatic rings. The number of rotatable bonds is 10. The Labute approximate surface area is 91.2 Å². The van der Waals surface area contributed by atoms with Crippen molar-refractivity contribution in [2.75, 3.05) is 39.5 Å². The van der Waals surface area contributed by atoms with Crippen molar-refractivity contribution in [3.8, 4) is 0 Å². The second-order valence-corrected chi connectivity index (χ2v) is 3.43. The highest BCUT2D eigenvalue weighted by Crippen LogP contribution is 1.94. The summed E-state index contributed by atoms with van der Waals surface area (Å²) in [4.78, 5) is 1.99. The number of nitrogens with two attached hydrogens (primary N) is 2. The Morgan fingerprint density at radius 1 is 1.27 bits per heavy atom. The lowest BCUT2D eigenvalue weighted by atomic mass is 10.3. The monoisotopic (exact) mass is 220 g/mol. The van der Waals surface area contributed by atoms with Gasteiger partial charge < -0.3 is 21.7 Å². The molecule has 0 aliphatic carbocycles. The lowest BCUT2D eigenvalue weighted by Crippen LogP contribution is -2.38. The van der Waals surface area contributed by atoms with Gasteiger partial charge in [-0.05, 0) is 12.8 Å². The molecule has 0 saturated heterocycles. The largest absolute Gasteiger partial charge is 0.396 e. The van der Waals surface area contributed by atoms with Crippen LogP contribution in [0, 0.1) is 0 Å². The van der Waals surface area contributed by atoms with Crippen molar-refractivity contribution < 1.29 is 10.2 Å². The summed E-state index contributed by atoms with van der Waals surface area (Å²) in [6, 6.07) is 0. The number of nitrogens with one attached hydrogen (secondary N) is 1. The zero-order valence-electron chi connectivity index (χ0n) is 9.23. The SMILES string of the molecule is NCCNC(O)CCN(CN)CCCO. The lowest BCUT2D eigenvalue weighted by Gasteiger charge is -2.21. The van der Waals surface area contributed by atoms with E-state index in [4.69, 9.17) is 16.6 Å². The van der Waals surface area contributed by atoms with Crippen molar-refractivity contribution in [2.45, 2.75) is 19.1 Å². The fourth-order valence-corrected chi connectivity index (χ4v) is 1.25. The molecule has 0 rings (SSSR count). The van der Waals surface area contributed by atoms with Crippen molar-refractivity contribution in [1.82, 2.24) is 10.2 Å². The average molecular weight is 220 g/mol. The van der Waals surface area contributed by atoms with Gasteiger partial charge in [-0.2, -0.15) is 0 Å². The highest BCUT2D eigenvalue weighted by molar-refractivity contribution is 4.60. The van der Waals surface area contributed by atoms with E-state index in [-0.39, 0.29) is 6.61 Å².